The lowest BCUT2D eigenvalue weighted by atomic mass is 10.6. The van der Waals surface area contributed by atoms with E-state index in [-0.39, 0.29) is 6.61 Å². The van der Waals surface area contributed by atoms with Crippen molar-refractivity contribution in [3.05, 3.63) is 12.3 Å². The monoisotopic (exact) mass is 146 g/mol. The summed E-state index contributed by atoms with van der Waals surface area (Å²) in [7, 11) is 0. The Morgan fingerprint density at radius 1 is 1.60 bits per heavy atom. The molecule has 0 aromatic rings. The van der Waals surface area contributed by atoms with E-state index in [0.29, 0.717) is 0 Å². The third-order valence-corrected chi connectivity index (χ3v) is 0.511. The molecule has 0 aliphatic heterocycles. The van der Waals surface area contributed by atoms with Gasteiger partial charge in [-0.2, -0.15) is 0 Å². The summed E-state index contributed by atoms with van der Waals surface area (Å²) in [4.78, 5) is 10.2. The lowest BCUT2D eigenvalue weighted by Crippen LogP contribution is -2.05. The normalized spacial score (nSPS) is 7.10. The van der Waals surface area contributed by atoms with Crippen LogP contribution in [0.15, 0.2) is 12.3 Å². The lowest BCUT2D eigenvalue weighted by Gasteiger charge is -1.95. The Bertz CT molecular complexity index is 107. The van der Waals surface area contributed by atoms with Gasteiger partial charge in [0.1, 0.15) is 0 Å². The zero-order chi connectivity index (χ0) is 8.57. The van der Waals surface area contributed by atoms with Gasteiger partial charge in [-0.15, -0.1) is 0 Å². The van der Waals surface area contributed by atoms with E-state index in [2.05, 4.69) is 11.3 Å². The number of carbonyl (C=O) groups is 1. The summed E-state index contributed by atoms with van der Waals surface area (Å²) in [6, 6.07) is 0. The third kappa shape index (κ3) is 7.01. The molecule has 0 bridgehead atoms. The molecular weight excluding hydrogens is 132 g/mol. The Hall–Kier alpha value is -0.990. The smallest absolute Gasteiger partial charge is 0.372 e. The van der Waals surface area contributed by atoms with Gasteiger partial charge in [-0.25, -0.2) is 4.79 Å². The van der Waals surface area contributed by atoms with Crippen molar-refractivity contribution in [3.8, 4) is 0 Å². The summed E-state index contributed by atoms with van der Waals surface area (Å²) in [5.74, 6) is -1.31. The number of ether oxygens (including phenoxy) is 1. The Labute approximate surface area is 61.3 Å². The van der Waals surface area contributed by atoms with Gasteiger partial charge < -0.3 is 9.84 Å². The molecule has 0 saturated carbocycles. The first-order valence-electron chi connectivity index (χ1n) is 3.23. The number of rotatable bonds is 2. The molecule has 0 amide bonds. The molecule has 0 aromatic heterocycles. The average molecular weight is 146 g/mol. The van der Waals surface area contributed by atoms with Crippen LogP contribution in [0.5, 0.6) is 0 Å². The van der Waals surface area contributed by atoms with Crippen molar-refractivity contribution < 1.29 is 14.6 Å². The van der Waals surface area contributed by atoms with Gasteiger partial charge in [0.25, 0.3) is 0 Å². The summed E-state index contributed by atoms with van der Waals surface area (Å²) >= 11 is 0. The molecule has 1 N–H and O–H groups in total. The van der Waals surface area contributed by atoms with E-state index < -0.39 is 11.7 Å². The zero-order valence-corrected chi connectivity index (χ0v) is 6.68. The molecule has 0 unspecified atom stereocenters. The maximum absolute atomic E-state index is 10.2. The molecule has 3 heteroatoms. The summed E-state index contributed by atoms with van der Waals surface area (Å²) < 4.78 is 4.31. The highest BCUT2D eigenvalue weighted by atomic mass is 16.5. The Balaban J connectivity index is 0. The van der Waals surface area contributed by atoms with Gasteiger partial charge in [0.05, 0.1) is 6.61 Å². The number of esters is 1. The van der Waals surface area contributed by atoms with Gasteiger partial charge in [0, 0.05) is 0 Å². The van der Waals surface area contributed by atoms with Gasteiger partial charge >= 0.3 is 5.97 Å². The van der Waals surface area contributed by atoms with Crippen LogP contribution in [0.3, 0.4) is 0 Å². The minimum atomic E-state index is -0.757. The summed E-state index contributed by atoms with van der Waals surface area (Å²) in [6.45, 7) is 8.87. The fourth-order valence-corrected chi connectivity index (χ4v) is 0.214. The minimum Gasteiger partial charge on any atom is -0.502 e. The Morgan fingerprint density at radius 2 is 2.00 bits per heavy atom. The third-order valence-electron chi connectivity index (χ3n) is 0.511. The molecule has 10 heavy (non-hydrogen) atoms. The first-order chi connectivity index (χ1) is 4.68. The van der Waals surface area contributed by atoms with Crippen LogP contribution < -0.4 is 0 Å². The highest BCUT2D eigenvalue weighted by Crippen LogP contribution is 1.85. The maximum Gasteiger partial charge on any atom is 0.372 e. The fourth-order valence-electron chi connectivity index (χ4n) is 0.214. The quantitative estimate of drug-likeness (QED) is 0.366. The van der Waals surface area contributed by atoms with E-state index in [0.717, 1.165) is 0 Å². The van der Waals surface area contributed by atoms with Crippen molar-refractivity contribution in [2.45, 2.75) is 20.8 Å². The topological polar surface area (TPSA) is 46.5 Å². The van der Waals surface area contributed by atoms with Gasteiger partial charge in [0.15, 0.2) is 5.76 Å². The van der Waals surface area contributed by atoms with Gasteiger partial charge in [0.2, 0.25) is 0 Å². The molecule has 0 fully saturated rings. The van der Waals surface area contributed by atoms with Crippen LogP contribution in [0.1, 0.15) is 20.8 Å². The summed E-state index contributed by atoms with van der Waals surface area (Å²) in [5.41, 5.74) is 0. The van der Waals surface area contributed by atoms with Crippen LogP contribution in [0, 0.1) is 0 Å². The van der Waals surface area contributed by atoms with E-state index in [4.69, 9.17) is 5.11 Å². The zero-order valence-electron chi connectivity index (χ0n) is 6.68. The van der Waals surface area contributed by atoms with Crippen molar-refractivity contribution in [2.75, 3.05) is 6.61 Å². The van der Waals surface area contributed by atoms with Crippen LogP contribution in [0.4, 0.5) is 0 Å². The number of aliphatic hydroxyl groups excluding tert-OH is 1. The van der Waals surface area contributed by atoms with Crippen molar-refractivity contribution in [1.82, 2.24) is 0 Å². The van der Waals surface area contributed by atoms with E-state index in [1.807, 2.05) is 13.8 Å². The van der Waals surface area contributed by atoms with Crippen LogP contribution in [0.25, 0.3) is 0 Å². The van der Waals surface area contributed by atoms with Crippen molar-refractivity contribution >= 4 is 5.97 Å². The van der Waals surface area contributed by atoms with E-state index >= 15 is 0 Å². The number of hydrogen-bond donors (Lipinski definition) is 1. The fraction of sp³-hybridized carbons (Fsp3) is 0.571. The van der Waals surface area contributed by atoms with Crippen molar-refractivity contribution in [2.24, 2.45) is 0 Å². The second-order valence-electron chi connectivity index (χ2n) is 1.17. The molecule has 0 aliphatic rings. The summed E-state index contributed by atoms with van der Waals surface area (Å²) in [6.07, 6.45) is 0. The molecule has 0 heterocycles. The highest BCUT2D eigenvalue weighted by molar-refractivity contribution is 5.84. The van der Waals surface area contributed by atoms with Crippen LogP contribution in [-0.4, -0.2) is 17.7 Å². The molecule has 0 spiro atoms. The average Bonchev–Trinajstić information content (AvgIpc) is 1.93. The van der Waals surface area contributed by atoms with E-state index in [1.54, 1.807) is 6.92 Å². The molecule has 0 aliphatic carbocycles. The van der Waals surface area contributed by atoms with Gasteiger partial charge in [-0.05, 0) is 13.5 Å². The standard InChI is InChI=1S/C5H8O3.C2H6/c1-3-8-5(7)4(2)6;1-2/h6H,2-3H2,1H3;1-2H3. The molecule has 0 radical (unpaired) electrons. The van der Waals surface area contributed by atoms with Gasteiger partial charge in [-0.3, -0.25) is 0 Å². The first kappa shape index (κ1) is 11.8. The maximum atomic E-state index is 10.2. The number of carbonyl (C=O) groups excluding carboxylic acids is 1. The first-order valence-corrected chi connectivity index (χ1v) is 3.23. The highest BCUT2D eigenvalue weighted by Gasteiger charge is 2.01. The van der Waals surface area contributed by atoms with Crippen LogP contribution in [0.2, 0.25) is 0 Å². The predicted octanol–water partition coefficient (Wildman–Crippen LogP) is 1.65. The Kier molecular flexibility index (Phi) is 9.42. The molecule has 3 nitrogen and oxygen atoms in total. The SMILES string of the molecule is C=C(O)C(=O)OCC.CC. The van der Waals surface area contributed by atoms with E-state index in [9.17, 15) is 4.79 Å². The van der Waals surface area contributed by atoms with Crippen LogP contribution in [-0.2, 0) is 9.53 Å². The second kappa shape index (κ2) is 8.01. The minimum absolute atomic E-state index is 0.262. The molecule has 0 saturated heterocycles. The number of hydrogen-bond acceptors (Lipinski definition) is 3. The molecule has 0 rings (SSSR count). The lowest BCUT2D eigenvalue weighted by molar-refractivity contribution is -0.141. The Morgan fingerprint density at radius 3 is 2.10 bits per heavy atom. The summed E-state index contributed by atoms with van der Waals surface area (Å²) in [5, 5.41) is 8.28. The molecule has 0 atom stereocenters. The second-order valence-corrected chi connectivity index (χ2v) is 1.17. The largest absolute Gasteiger partial charge is 0.502 e. The van der Waals surface area contributed by atoms with Crippen molar-refractivity contribution in [3.63, 3.8) is 0 Å². The van der Waals surface area contributed by atoms with Gasteiger partial charge in [-0.1, -0.05) is 13.8 Å². The number of aliphatic hydroxyl groups is 1. The van der Waals surface area contributed by atoms with E-state index in [1.165, 1.54) is 0 Å². The molecule has 60 valence electrons. The predicted molar refractivity (Wildman–Crippen MR) is 39.7 cm³/mol. The van der Waals surface area contributed by atoms with Crippen LogP contribution >= 0.6 is 0 Å². The molecule has 0 aromatic carbocycles. The molecular formula is C7H14O3. The van der Waals surface area contributed by atoms with Crippen molar-refractivity contribution in [1.29, 1.82) is 0 Å².